The first-order valence-electron chi connectivity index (χ1n) is 11.5. The third-order valence-corrected chi connectivity index (χ3v) is 6.09. The van der Waals surface area contributed by atoms with Gasteiger partial charge in [0.15, 0.2) is 11.5 Å². The molecule has 182 valence electrons. The van der Waals surface area contributed by atoms with E-state index < -0.39 is 0 Å². The van der Waals surface area contributed by atoms with Gasteiger partial charge in [-0.05, 0) is 37.1 Å². The summed E-state index contributed by atoms with van der Waals surface area (Å²) in [5.41, 5.74) is 2.77. The number of fused-ring (bicyclic) bond motifs is 1. The average Bonchev–Trinajstić information content (AvgIpc) is 2.89. The Labute approximate surface area is 201 Å². The maximum Gasteiger partial charge on any atom is 0.254 e. The summed E-state index contributed by atoms with van der Waals surface area (Å²) in [6, 6.07) is 13.4. The molecule has 0 atom stereocenters. The monoisotopic (exact) mass is 466 g/mol. The molecule has 3 rings (SSSR count). The van der Waals surface area contributed by atoms with Crippen LogP contribution in [0.15, 0.2) is 42.5 Å². The minimum atomic E-state index is -0.0296. The van der Waals surface area contributed by atoms with Crippen LogP contribution in [0.25, 0.3) is 22.2 Å². The third kappa shape index (κ3) is 5.09. The van der Waals surface area contributed by atoms with E-state index in [1.165, 1.54) is 0 Å². The number of hydrogen-bond donors (Lipinski definition) is 0. The molecule has 1 amide bonds. The number of benzene rings is 2. The lowest BCUT2D eigenvalue weighted by Gasteiger charge is -2.31. The number of rotatable bonds is 11. The minimum Gasteiger partial charge on any atom is -0.493 e. The number of methoxy groups -OCH3 is 4. The van der Waals surface area contributed by atoms with Gasteiger partial charge in [-0.25, -0.2) is 4.98 Å². The molecule has 7 nitrogen and oxygen atoms in total. The molecule has 0 bridgehead atoms. The maximum absolute atomic E-state index is 13.9. The van der Waals surface area contributed by atoms with Crippen molar-refractivity contribution in [3.63, 3.8) is 0 Å². The lowest BCUT2D eigenvalue weighted by atomic mass is 10.0. The Morgan fingerprint density at radius 2 is 1.59 bits per heavy atom. The minimum absolute atomic E-state index is 0.0296. The molecule has 0 aliphatic heterocycles. The highest BCUT2D eigenvalue weighted by atomic mass is 16.5. The van der Waals surface area contributed by atoms with Crippen LogP contribution in [-0.2, 0) is 4.74 Å². The molecule has 0 N–H and O–H groups in total. The third-order valence-electron chi connectivity index (χ3n) is 6.09. The summed E-state index contributed by atoms with van der Waals surface area (Å²) in [7, 11) is 6.37. The smallest absolute Gasteiger partial charge is 0.254 e. The van der Waals surface area contributed by atoms with Crippen molar-refractivity contribution in [3.05, 3.63) is 48.0 Å². The summed E-state index contributed by atoms with van der Waals surface area (Å²) in [4.78, 5) is 20.7. The van der Waals surface area contributed by atoms with Crippen molar-refractivity contribution in [2.24, 2.45) is 0 Å². The Morgan fingerprint density at radius 1 is 0.941 bits per heavy atom. The van der Waals surface area contributed by atoms with E-state index >= 15 is 0 Å². The molecule has 0 saturated heterocycles. The number of aromatic nitrogens is 1. The van der Waals surface area contributed by atoms with Crippen LogP contribution in [0.3, 0.4) is 0 Å². The first-order chi connectivity index (χ1) is 16.5. The molecule has 1 heterocycles. The van der Waals surface area contributed by atoms with E-state index in [0.29, 0.717) is 41.7 Å². The Morgan fingerprint density at radius 3 is 2.15 bits per heavy atom. The van der Waals surface area contributed by atoms with Gasteiger partial charge in [-0.15, -0.1) is 0 Å². The van der Waals surface area contributed by atoms with Gasteiger partial charge in [-0.1, -0.05) is 32.0 Å². The zero-order valence-corrected chi connectivity index (χ0v) is 20.9. The van der Waals surface area contributed by atoms with Gasteiger partial charge in [-0.2, -0.15) is 0 Å². The second-order valence-electron chi connectivity index (χ2n) is 7.95. The number of nitrogens with zero attached hydrogens (tertiary/aromatic N) is 2. The van der Waals surface area contributed by atoms with Crippen molar-refractivity contribution >= 4 is 16.8 Å². The lowest BCUT2D eigenvalue weighted by Crippen LogP contribution is -2.42. The summed E-state index contributed by atoms with van der Waals surface area (Å²) >= 11 is 0. The van der Waals surface area contributed by atoms with Crippen molar-refractivity contribution in [1.82, 2.24) is 9.88 Å². The molecule has 3 aromatic rings. The summed E-state index contributed by atoms with van der Waals surface area (Å²) < 4.78 is 21.8. The highest BCUT2D eigenvalue weighted by Crippen LogP contribution is 2.41. The molecular weight excluding hydrogens is 432 g/mol. The van der Waals surface area contributed by atoms with Crippen molar-refractivity contribution in [2.75, 3.05) is 41.6 Å². The number of hydrogen-bond acceptors (Lipinski definition) is 6. The average molecular weight is 467 g/mol. The van der Waals surface area contributed by atoms with Crippen LogP contribution in [0.1, 0.15) is 37.0 Å². The van der Waals surface area contributed by atoms with E-state index in [0.717, 1.165) is 29.3 Å². The van der Waals surface area contributed by atoms with Gasteiger partial charge in [0.1, 0.15) is 0 Å². The number of carbonyl (C=O) groups excluding carboxylic acids is 1. The zero-order chi connectivity index (χ0) is 24.7. The molecule has 2 aromatic carbocycles. The molecule has 0 fully saturated rings. The van der Waals surface area contributed by atoms with Crippen molar-refractivity contribution < 1.29 is 23.7 Å². The van der Waals surface area contributed by atoms with Gasteiger partial charge in [0.05, 0.1) is 44.7 Å². The summed E-state index contributed by atoms with van der Waals surface area (Å²) in [6.45, 7) is 5.21. The Bertz CT molecular complexity index is 1100. The molecular formula is C27H34N2O5. The topological polar surface area (TPSA) is 70.1 Å². The molecule has 0 unspecified atom stereocenters. The van der Waals surface area contributed by atoms with Crippen molar-refractivity contribution in [2.45, 2.75) is 32.7 Å². The molecule has 0 radical (unpaired) electrons. The van der Waals surface area contributed by atoms with Gasteiger partial charge in [0.2, 0.25) is 5.75 Å². The SMILES string of the molecule is CCC(CC)N(CCOC)C(=O)c1cc(-c2cc(OC)c(OC)c(OC)c2)nc2ccccc12. The second kappa shape index (κ2) is 11.7. The quantitative estimate of drug-likeness (QED) is 0.387. The molecule has 0 saturated carbocycles. The molecule has 34 heavy (non-hydrogen) atoms. The van der Waals surface area contributed by atoms with Crippen LogP contribution >= 0.6 is 0 Å². The summed E-state index contributed by atoms with van der Waals surface area (Å²) in [5.74, 6) is 1.53. The fourth-order valence-corrected chi connectivity index (χ4v) is 4.25. The van der Waals surface area contributed by atoms with Crippen LogP contribution in [0.2, 0.25) is 0 Å². The lowest BCUT2D eigenvalue weighted by molar-refractivity contribution is 0.0591. The first kappa shape index (κ1) is 25.3. The number of amides is 1. The normalized spacial score (nSPS) is 11.0. The number of pyridine rings is 1. The summed E-state index contributed by atoms with van der Waals surface area (Å²) in [6.07, 6.45) is 1.74. The van der Waals surface area contributed by atoms with Crippen LogP contribution in [0, 0.1) is 0 Å². The van der Waals surface area contributed by atoms with E-state index in [4.69, 9.17) is 23.9 Å². The Balaban J connectivity index is 2.21. The predicted molar refractivity (Wildman–Crippen MR) is 134 cm³/mol. The van der Waals surface area contributed by atoms with E-state index in [-0.39, 0.29) is 11.9 Å². The zero-order valence-electron chi connectivity index (χ0n) is 20.9. The number of ether oxygens (including phenoxy) is 4. The van der Waals surface area contributed by atoms with E-state index in [9.17, 15) is 4.79 Å². The summed E-state index contributed by atoms with van der Waals surface area (Å²) in [5, 5.41) is 0.817. The number of carbonyl (C=O) groups is 1. The van der Waals surface area contributed by atoms with Gasteiger partial charge in [0.25, 0.3) is 5.91 Å². The molecule has 0 aliphatic rings. The standard InChI is InChI=1S/C27H34N2O5/c1-7-19(8-2)29(13-14-31-3)27(30)21-17-23(28-22-12-10-9-11-20(21)22)18-15-24(32-4)26(34-6)25(16-18)33-5/h9-12,15-17,19H,7-8,13-14H2,1-6H3. The number of para-hydroxylation sites is 1. The van der Waals surface area contributed by atoms with E-state index in [2.05, 4.69) is 13.8 Å². The van der Waals surface area contributed by atoms with Crippen molar-refractivity contribution in [3.8, 4) is 28.5 Å². The Hall–Kier alpha value is -3.32. The second-order valence-corrected chi connectivity index (χ2v) is 7.95. The van der Waals surface area contributed by atoms with Gasteiger partial charge < -0.3 is 23.8 Å². The van der Waals surface area contributed by atoms with Crippen LogP contribution < -0.4 is 14.2 Å². The molecule has 0 aliphatic carbocycles. The molecule has 1 aromatic heterocycles. The van der Waals surface area contributed by atoms with E-state index in [1.54, 1.807) is 28.4 Å². The molecule has 7 heteroatoms. The van der Waals surface area contributed by atoms with Crippen LogP contribution in [0.4, 0.5) is 0 Å². The highest BCUT2D eigenvalue weighted by molar-refractivity contribution is 6.07. The largest absolute Gasteiger partial charge is 0.493 e. The Kier molecular flexibility index (Phi) is 8.71. The van der Waals surface area contributed by atoms with Gasteiger partial charge in [-0.3, -0.25) is 4.79 Å². The van der Waals surface area contributed by atoms with Crippen LogP contribution in [0.5, 0.6) is 17.2 Å². The maximum atomic E-state index is 13.9. The van der Waals surface area contributed by atoms with Crippen molar-refractivity contribution in [1.29, 1.82) is 0 Å². The van der Waals surface area contributed by atoms with Gasteiger partial charge >= 0.3 is 0 Å². The van der Waals surface area contributed by atoms with E-state index in [1.807, 2.05) is 47.4 Å². The first-order valence-corrected chi connectivity index (χ1v) is 11.5. The fraction of sp³-hybridized carbons (Fsp3) is 0.407. The fourth-order valence-electron chi connectivity index (χ4n) is 4.25. The molecule has 0 spiro atoms. The van der Waals surface area contributed by atoms with Crippen LogP contribution in [-0.4, -0.2) is 63.4 Å². The van der Waals surface area contributed by atoms with Gasteiger partial charge in [0, 0.05) is 30.6 Å². The predicted octanol–water partition coefficient (Wildman–Crippen LogP) is 5.20. The highest BCUT2D eigenvalue weighted by Gasteiger charge is 2.25.